The molecule has 0 N–H and O–H groups in total. The zero-order chi connectivity index (χ0) is 16.8. The molecule has 24 heavy (non-hydrogen) atoms. The van der Waals surface area contributed by atoms with Gasteiger partial charge in [-0.05, 0) is 57.0 Å². The molecule has 0 unspecified atom stereocenters. The first-order valence-corrected chi connectivity index (χ1v) is 8.32. The second-order valence-corrected chi connectivity index (χ2v) is 6.69. The predicted octanol–water partition coefficient (Wildman–Crippen LogP) is 3.60. The highest BCUT2D eigenvalue weighted by molar-refractivity contribution is 6.09. The Bertz CT molecular complexity index is 928. The van der Waals surface area contributed by atoms with Crippen LogP contribution in [0.1, 0.15) is 42.7 Å². The van der Waals surface area contributed by atoms with Gasteiger partial charge in [0.15, 0.2) is 0 Å². The summed E-state index contributed by atoms with van der Waals surface area (Å²) in [5, 5.41) is 8.40. The van der Waals surface area contributed by atoms with Crippen LogP contribution in [0.25, 0.3) is 11.0 Å². The summed E-state index contributed by atoms with van der Waals surface area (Å²) in [6.45, 7) is 6.22. The molecule has 2 aromatic carbocycles. The Hall–Kier alpha value is -2.69. The number of carbonyl (C=O) groups is 1. The van der Waals surface area contributed by atoms with Crippen molar-refractivity contribution in [2.75, 3.05) is 4.90 Å². The SMILES string of the molecule is CC(C)n1nnc2cc(C(=O)N3c4ccccc4C[C@H]3C)ccc21. The van der Waals surface area contributed by atoms with Gasteiger partial charge in [0, 0.05) is 23.3 Å². The zero-order valence-electron chi connectivity index (χ0n) is 14.1. The van der Waals surface area contributed by atoms with E-state index >= 15 is 0 Å². The number of hydrogen-bond acceptors (Lipinski definition) is 3. The lowest BCUT2D eigenvalue weighted by Crippen LogP contribution is -2.35. The van der Waals surface area contributed by atoms with Gasteiger partial charge in [0.2, 0.25) is 0 Å². The summed E-state index contributed by atoms with van der Waals surface area (Å²) in [6, 6.07) is 14.2. The van der Waals surface area contributed by atoms with Crippen LogP contribution in [0.15, 0.2) is 42.5 Å². The van der Waals surface area contributed by atoms with Gasteiger partial charge in [-0.25, -0.2) is 4.68 Å². The molecule has 4 rings (SSSR count). The Morgan fingerprint density at radius 1 is 1.21 bits per heavy atom. The molecule has 0 saturated carbocycles. The first kappa shape index (κ1) is 14.9. The van der Waals surface area contributed by atoms with E-state index in [1.54, 1.807) is 0 Å². The van der Waals surface area contributed by atoms with Crippen molar-refractivity contribution in [1.82, 2.24) is 15.0 Å². The van der Waals surface area contributed by atoms with Crippen LogP contribution in [0.5, 0.6) is 0 Å². The molecule has 0 fully saturated rings. The van der Waals surface area contributed by atoms with Gasteiger partial charge in [0.25, 0.3) is 5.91 Å². The molecule has 122 valence electrons. The smallest absolute Gasteiger partial charge is 0.258 e. The summed E-state index contributed by atoms with van der Waals surface area (Å²) in [5.74, 6) is 0.0217. The van der Waals surface area contributed by atoms with Crippen LogP contribution in [0.2, 0.25) is 0 Å². The van der Waals surface area contributed by atoms with Crippen molar-refractivity contribution in [3.8, 4) is 0 Å². The number of carbonyl (C=O) groups excluding carboxylic acids is 1. The van der Waals surface area contributed by atoms with Crippen LogP contribution >= 0.6 is 0 Å². The van der Waals surface area contributed by atoms with E-state index in [1.165, 1.54) is 5.56 Å². The van der Waals surface area contributed by atoms with Gasteiger partial charge >= 0.3 is 0 Å². The molecule has 0 spiro atoms. The highest BCUT2D eigenvalue weighted by Crippen LogP contribution is 2.33. The van der Waals surface area contributed by atoms with Crippen molar-refractivity contribution in [3.05, 3.63) is 53.6 Å². The minimum absolute atomic E-state index is 0.0217. The van der Waals surface area contributed by atoms with E-state index in [0.717, 1.165) is 23.1 Å². The number of amides is 1. The number of benzene rings is 2. The Morgan fingerprint density at radius 3 is 2.79 bits per heavy atom. The molecule has 1 amide bonds. The van der Waals surface area contributed by atoms with E-state index in [-0.39, 0.29) is 18.0 Å². The molecular weight excluding hydrogens is 300 g/mol. The molecule has 3 aromatic rings. The van der Waals surface area contributed by atoms with Gasteiger partial charge in [0.1, 0.15) is 5.52 Å². The fourth-order valence-electron chi connectivity index (χ4n) is 3.47. The fraction of sp³-hybridized carbons (Fsp3) is 0.316. The normalized spacial score (nSPS) is 16.8. The molecule has 5 heteroatoms. The standard InChI is InChI=1S/C19H20N4O/c1-12(2)23-18-9-8-15(11-16(18)20-21-23)19(24)22-13(3)10-14-6-4-5-7-17(14)22/h4-9,11-13H,10H2,1-3H3/t13-/m1/s1. The summed E-state index contributed by atoms with van der Waals surface area (Å²) in [5.41, 5.74) is 4.61. The van der Waals surface area contributed by atoms with Gasteiger partial charge in [-0.3, -0.25) is 4.79 Å². The minimum atomic E-state index is 0.0217. The summed E-state index contributed by atoms with van der Waals surface area (Å²) >= 11 is 0. The largest absolute Gasteiger partial charge is 0.305 e. The van der Waals surface area contributed by atoms with Crippen molar-refractivity contribution in [2.24, 2.45) is 0 Å². The van der Waals surface area contributed by atoms with Crippen molar-refractivity contribution < 1.29 is 4.79 Å². The number of aromatic nitrogens is 3. The van der Waals surface area contributed by atoms with Crippen molar-refractivity contribution in [2.45, 2.75) is 39.3 Å². The lowest BCUT2D eigenvalue weighted by atomic mass is 10.1. The maximum absolute atomic E-state index is 13.1. The third-order valence-electron chi connectivity index (χ3n) is 4.63. The van der Waals surface area contributed by atoms with Crippen molar-refractivity contribution in [3.63, 3.8) is 0 Å². The van der Waals surface area contributed by atoms with E-state index in [1.807, 2.05) is 46.0 Å². The molecule has 0 radical (unpaired) electrons. The summed E-state index contributed by atoms with van der Waals surface area (Å²) < 4.78 is 1.87. The van der Waals surface area contributed by atoms with Crippen LogP contribution in [0, 0.1) is 0 Å². The molecule has 0 saturated heterocycles. The number of para-hydroxylation sites is 1. The average Bonchev–Trinajstić information content (AvgIpc) is 3.13. The van der Waals surface area contributed by atoms with Gasteiger partial charge in [0.05, 0.1) is 5.52 Å². The molecule has 1 atom stereocenters. The van der Waals surface area contributed by atoms with Crippen LogP contribution in [0.4, 0.5) is 5.69 Å². The Morgan fingerprint density at radius 2 is 2.00 bits per heavy atom. The maximum Gasteiger partial charge on any atom is 0.258 e. The van der Waals surface area contributed by atoms with E-state index in [9.17, 15) is 4.79 Å². The summed E-state index contributed by atoms with van der Waals surface area (Å²) in [6.07, 6.45) is 0.897. The Balaban J connectivity index is 1.74. The van der Waals surface area contributed by atoms with Gasteiger partial charge in [-0.1, -0.05) is 23.4 Å². The van der Waals surface area contributed by atoms with Gasteiger partial charge in [-0.2, -0.15) is 0 Å². The quantitative estimate of drug-likeness (QED) is 0.725. The lowest BCUT2D eigenvalue weighted by molar-refractivity contribution is 0.0981. The summed E-state index contributed by atoms with van der Waals surface area (Å²) in [4.78, 5) is 15.0. The Labute approximate surface area is 140 Å². The molecule has 0 aliphatic carbocycles. The van der Waals surface area contributed by atoms with Crippen molar-refractivity contribution in [1.29, 1.82) is 0 Å². The van der Waals surface area contributed by atoms with Gasteiger partial charge in [-0.15, -0.1) is 5.10 Å². The van der Waals surface area contributed by atoms with Gasteiger partial charge < -0.3 is 4.90 Å². The molecule has 0 bridgehead atoms. The van der Waals surface area contributed by atoms with E-state index in [2.05, 4.69) is 37.1 Å². The van der Waals surface area contributed by atoms with Crippen LogP contribution < -0.4 is 4.90 Å². The number of fused-ring (bicyclic) bond motifs is 2. The molecular formula is C19H20N4O. The fourth-order valence-corrected chi connectivity index (χ4v) is 3.47. The van der Waals surface area contributed by atoms with E-state index < -0.39 is 0 Å². The lowest BCUT2D eigenvalue weighted by Gasteiger charge is -2.22. The highest BCUT2D eigenvalue weighted by atomic mass is 16.2. The molecule has 1 aliphatic rings. The summed E-state index contributed by atoms with van der Waals surface area (Å²) in [7, 11) is 0. The monoisotopic (exact) mass is 320 g/mol. The second kappa shape index (κ2) is 5.44. The predicted molar refractivity (Wildman–Crippen MR) is 94.3 cm³/mol. The van der Waals surface area contributed by atoms with Crippen LogP contribution in [-0.4, -0.2) is 26.9 Å². The Kier molecular flexibility index (Phi) is 3.37. The van der Waals surface area contributed by atoms with Crippen molar-refractivity contribution >= 4 is 22.6 Å². The topological polar surface area (TPSA) is 51.0 Å². The molecule has 1 aromatic heterocycles. The molecule has 5 nitrogen and oxygen atoms in total. The number of nitrogens with zero attached hydrogens (tertiary/aromatic N) is 4. The average molecular weight is 320 g/mol. The first-order valence-electron chi connectivity index (χ1n) is 8.32. The second-order valence-electron chi connectivity index (χ2n) is 6.69. The van der Waals surface area contributed by atoms with Crippen LogP contribution in [0.3, 0.4) is 0 Å². The number of rotatable bonds is 2. The molecule has 2 heterocycles. The van der Waals surface area contributed by atoms with E-state index in [0.29, 0.717) is 5.56 Å². The number of hydrogen-bond donors (Lipinski definition) is 0. The maximum atomic E-state index is 13.1. The highest BCUT2D eigenvalue weighted by Gasteiger charge is 2.31. The minimum Gasteiger partial charge on any atom is -0.305 e. The number of anilines is 1. The van der Waals surface area contributed by atoms with Crippen LogP contribution in [-0.2, 0) is 6.42 Å². The van der Waals surface area contributed by atoms with E-state index in [4.69, 9.17) is 0 Å². The first-order chi connectivity index (χ1) is 11.6. The molecule has 1 aliphatic heterocycles. The third kappa shape index (κ3) is 2.19. The zero-order valence-corrected chi connectivity index (χ0v) is 14.1. The third-order valence-corrected chi connectivity index (χ3v) is 4.63.